The molecule has 8 aromatic carbocycles. The van der Waals surface area contributed by atoms with Crippen LogP contribution in [0.4, 0.5) is 0 Å². The molecule has 262 valence electrons. The van der Waals surface area contributed by atoms with Gasteiger partial charge in [-0.2, -0.15) is 0 Å². The Morgan fingerprint density at radius 3 is 1.27 bits per heavy atom. The summed E-state index contributed by atoms with van der Waals surface area (Å²) >= 11 is 3.72. The van der Waals surface area contributed by atoms with Crippen molar-refractivity contribution >= 4 is 63.0 Å². The lowest BCUT2D eigenvalue weighted by atomic mass is 9.97. The van der Waals surface area contributed by atoms with E-state index < -0.39 is 0 Å². The molecule has 0 spiro atoms. The summed E-state index contributed by atoms with van der Waals surface area (Å²) in [7, 11) is 0. The standard InChI is InChI=1S/C52H32N2S2/c1-2-13-33(14-3-1)34-15-8-20-39(29-34)52-53-46(37-18-9-16-35(30-37)40-23-11-25-44-42-21-4-6-27-48(42)55-50(40)44)32-47(54-52)38-19-10-17-36(31-38)41-24-12-26-45-43-22-5-7-28-49(43)56-51(41)45/h1-32H. The van der Waals surface area contributed by atoms with Gasteiger partial charge in [-0.25, -0.2) is 9.97 Å². The van der Waals surface area contributed by atoms with Gasteiger partial charge < -0.3 is 0 Å². The summed E-state index contributed by atoms with van der Waals surface area (Å²) < 4.78 is 5.22. The molecule has 0 unspecified atom stereocenters. The Labute approximate surface area is 332 Å². The molecule has 0 radical (unpaired) electrons. The minimum absolute atomic E-state index is 0.698. The fourth-order valence-electron chi connectivity index (χ4n) is 7.98. The van der Waals surface area contributed by atoms with Gasteiger partial charge in [-0.1, -0.05) is 158 Å². The number of hydrogen-bond donors (Lipinski definition) is 0. The molecule has 0 bridgehead atoms. The second kappa shape index (κ2) is 13.5. The van der Waals surface area contributed by atoms with Crippen LogP contribution in [0.3, 0.4) is 0 Å². The van der Waals surface area contributed by atoms with Crippen molar-refractivity contribution in [3.05, 3.63) is 194 Å². The van der Waals surface area contributed by atoms with E-state index in [4.69, 9.17) is 9.97 Å². The van der Waals surface area contributed by atoms with Gasteiger partial charge in [0.2, 0.25) is 0 Å². The number of rotatable bonds is 6. The summed E-state index contributed by atoms with van der Waals surface area (Å²) in [6.07, 6.45) is 0. The lowest BCUT2D eigenvalue weighted by Gasteiger charge is -2.13. The molecule has 3 heterocycles. The molecule has 0 N–H and O–H groups in total. The Bertz CT molecular complexity index is 3090. The molecule has 11 rings (SSSR count). The van der Waals surface area contributed by atoms with Gasteiger partial charge in [-0.15, -0.1) is 22.7 Å². The average Bonchev–Trinajstić information content (AvgIpc) is 3.86. The largest absolute Gasteiger partial charge is 0.228 e. The number of fused-ring (bicyclic) bond motifs is 6. The average molecular weight is 749 g/mol. The van der Waals surface area contributed by atoms with Crippen molar-refractivity contribution in [3.8, 4) is 67.3 Å². The summed E-state index contributed by atoms with van der Waals surface area (Å²) in [5, 5.41) is 5.20. The van der Waals surface area contributed by atoms with Crippen molar-refractivity contribution < 1.29 is 0 Å². The number of hydrogen-bond acceptors (Lipinski definition) is 4. The lowest BCUT2D eigenvalue weighted by molar-refractivity contribution is 1.18. The molecule has 11 aromatic rings. The Kier molecular flexibility index (Phi) is 7.90. The van der Waals surface area contributed by atoms with E-state index in [0.29, 0.717) is 5.82 Å². The number of aromatic nitrogens is 2. The first-order valence-corrected chi connectivity index (χ1v) is 20.4. The SMILES string of the molecule is c1ccc(-c2cccc(-c3nc(-c4cccc(-c5cccc6c5sc5ccccc56)c4)cc(-c4cccc(-c5cccc6c5sc5ccccc56)c4)n3)c2)cc1. The molecule has 0 saturated carbocycles. The fraction of sp³-hybridized carbons (Fsp3) is 0. The molecule has 2 nitrogen and oxygen atoms in total. The molecular formula is C52H32N2S2. The predicted octanol–water partition coefficient (Wildman–Crippen LogP) is 15.2. The van der Waals surface area contributed by atoms with Gasteiger partial charge in [0.1, 0.15) is 0 Å². The van der Waals surface area contributed by atoms with Crippen LogP contribution in [0.15, 0.2) is 194 Å². The minimum Gasteiger partial charge on any atom is -0.228 e. The number of nitrogens with zero attached hydrogens (tertiary/aromatic N) is 2. The van der Waals surface area contributed by atoms with Gasteiger partial charge in [-0.3, -0.25) is 0 Å². The topological polar surface area (TPSA) is 25.8 Å². The van der Waals surface area contributed by atoms with Crippen molar-refractivity contribution in [2.24, 2.45) is 0 Å². The van der Waals surface area contributed by atoms with E-state index in [1.165, 1.54) is 62.6 Å². The van der Waals surface area contributed by atoms with E-state index in [0.717, 1.165) is 39.2 Å². The van der Waals surface area contributed by atoms with Crippen LogP contribution in [0.25, 0.3) is 108 Å². The van der Waals surface area contributed by atoms with Crippen LogP contribution in [-0.4, -0.2) is 9.97 Å². The summed E-state index contributed by atoms with van der Waals surface area (Å²) in [6.45, 7) is 0. The Morgan fingerprint density at radius 2 is 0.696 bits per heavy atom. The Balaban J connectivity index is 1.07. The molecule has 0 aliphatic heterocycles. The zero-order valence-electron chi connectivity index (χ0n) is 30.2. The quantitative estimate of drug-likeness (QED) is 0.169. The van der Waals surface area contributed by atoms with Crippen LogP contribution in [0, 0.1) is 0 Å². The fourth-order valence-corrected chi connectivity index (χ4v) is 10.5. The highest BCUT2D eigenvalue weighted by Crippen LogP contribution is 2.42. The maximum Gasteiger partial charge on any atom is 0.160 e. The summed E-state index contributed by atoms with van der Waals surface area (Å²) in [4.78, 5) is 10.6. The van der Waals surface area contributed by atoms with Gasteiger partial charge in [-0.05, 0) is 69.8 Å². The van der Waals surface area contributed by atoms with Crippen LogP contribution in [-0.2, 0) is 0 Å². The first-order valence-electron chi connectivity index (χ1n) is 18.8. The van der Waals surface area contributed by atoms with Gasteiger partial charge in [0, 0.05) is 57.0 Å². The van der Waals surface area contributed by atoms with Crippen molar-refractivity contribution in [2.45, 2.75) is 0 Å². The zero-order chi connectivity index (χ0) is 37.0. The monoisotopic (exact) mass is 748 g/mol. The molecule has 0 saturated heterocycles. The van der Waals surface area contributed by atoms with Gasteiger partial charge >= 0.3 is 0 Å². The number of thiophene rings is 2. The third kappa shape index (κ3) is 5.70. The first kappa shape index (κ1) is 32.7. The molecule has 4 heteroatoms. The van der Waals surface area contributed by atoms with E-state index in [2.05, 4.69) is 194 Å². The molecular weight excluding hydrogens is 717 g/mol. The molecule has 0 aliphatic carbocycles. The molecule has 0 atom stereocenters. The van der Waals surface area contributed by atoms with Crippen molar-refractivity contribution in [1.29, 1.82) is 0 Å². The van der Waals surface area contributed by atoms with E-state index in [-0.39, 0.29) is 0 Å². The molecule has 56 heavy (non-hydrogen) atoms. The predicted molar refractivity (Wildman–Crippen MR) is 240 cm³/mol. The third-order valence-electron chi connectivity index (χ3n) is 10.7. The van der Waals surface area contributed by atoms with Crippen molar-refractivity contribution in [2.75, 3.05) is 0 Å². The molecule has 3 aromatic heterocycles. The smallest absolute Gasteiger partial charge is 0.160 e. The second-order valence-electron chi connectivity index (χ2n) is 14.1. The maximum atomic E-state index is 5.31. The molecule has 0 fully saturated rings. The van der Waals surface area contributed by atoms with Crippen molar-refractivity contribution in [3.63, 3.8) is 0 Å². The zero-order valence-corrected chi connectivity index (χ0v) is 31.8. The maximum absolute atomic E-state index is 5.31. The Morgan fingerprint density at radius 1 is 0.286 bits per heavy atom. The van der Waals surface area contributed by atoms with E-state index in [1.807, 2.05) is 22.7 Å². The number of benzene rings is 8. The minimum atomic E-state index is 0.698. The highest BCUT2D eigenvalue weighted by atomic mass is 32.1. The van der Waals surface area contributed by atoms with Gasteiger partial charge in [0.15, 0.2) is 5.82 Å². The first-order chi connectivity index (χ1) is 27.7. The highest BCUT2D eigenvalue weighted by Gasteiger charge is 2.16. The van der Waals surface area contributed by atoms with Crippen LogP contribution in [0.2, 0.25) is 0 Å². The van der Waals surface area contributed by atoms with Gasteiger partial charge in [0.05, 0.1) is 11.4 Å². The molecule has 0 amide bonds. The normalized spacial score (nSPS) is 11.6. The van der Waals surface area contributed by atoms with Crippen LogP contribution < -0.4 is 0 Å². The van der Waals surface area contributed by atoms with Crippen LogP contribution in [0.1, 0.15) is 0 Å². The third-order valence-corrected chi connectivity index (χ3v) is 13.1. The van der Waals surface area contributed by atoms with Crippen molar-refractivity contribution in [1.82, 2.24) is 9.97 Å². The lowest BCUT2D eigenvalue weighted by Crippen LogP contribution is -1.96. The summed E-state index contributed by atoms with van der Waals surface area (Å²) in [6, 6.07) is 69.6. The van der Waals surface area contributed by atoms with E-state index >= 15 is 0 Å². The van der Waals surface area contributed by atoms with Crippen LogP contribution in [0.5, 0.6) is 0 Å². The highest BCUT2D eigenvalue weighted by molar-refractivity contribution is 7.26. The van der Waals surface area contributed by atoms with Gasteiger partial charge in [0.25, 0.3) is 0 Å². The summed E-state index contributed by atoms with van der Waals surface area (Å²) in [5.41, 5.74) is 12.0. The van der Waals surface area contributed by atoms with Crippen LogP contribution >= 0.6 is 22.7 Å². The van der Waals surface area contributed by atoms with E-state index in [1.54, 1.807) is 0 Å². The molecule has 0 aliphatic rings. The summed E-state index contributed by atoms with van der Waals surface area (Å²) in [5.74, 6) is 0.698. The van der Waals surface area contributed by atoms with E-state index in [9.17, 15) is 0 Å². The second-order valence-corrected chi connectivity index (χ2v) is 16.2. The Hall–Kier alpha value is -6.72.